The van der Waals surface area contributed by atoms with Crippen molar-refractivity contribution in [3.63, 3.8) is 0 Å². The first-order chi connectivity index (χ1) is 15.7. The molecule has 8 nitrogen and oxygen atoms in total. The van der Waals surface area contributed by atoms with Crippen molar-refractivity contribution >= 4 is 41.5 Å². The largest absolute Gasteiger partial charge is 0.493 e. The summed E-state index contributed by atoms with van der Waals surface area (Å²) in [5.74, 6) is 1.64. The van der Waals surface area contributed by atoms with Crippen LogP contribution in [0.5, 0.6) is 5.75 Å². The van der Waals surface area contributed by atoms with Crippen LogP contribution < -0.4 is 20.7 Å². The van der Waals surface area contributed by atoms with Gasteiger partial charge >= 0.3 is 0 Å². The highest BCUT2D eigenvalue weighted by Crippen LogP contribution is 2.25. The van der Waals surface area contributed by atoms with E-state index in [4.69, 9.17) is 4.74 Å². The molecule has 3 aromatic rings. The van der Waals surface area contributed by atoms with Crippen LogP contribution in [-0.4, -0.2) is 41.8 Å². The predicted molar refractivity (Wildman–Crippen MR) is 140 cm³/mol. The Hall–Kier alpha value is -3.08. The van der Waals surface area contributed by atoms with Gasteiger partial charge in [0.1, 0.15) is 12.3 Å². The number of guanidine groups is 1. The van der Waals surface area contributed by atoms with Crippen LogP contribution in [0.3, 0.4) is 0 Å². The summed E-state index contributed by atoms with van der Waals surface area (Å²) in [5.41, 5.74) is 4.38. The van der Waals surface area contributed by atoms with Crippen molar-refractivity contribution in [1.82, 2.24) is 20.4 Å². The third kappa shape index (κ3) is 7.21. The van der Waals surface area contributed by atoms with Gasteiger partial charge in [-0.15, -0.1) is 24.0 Å². The summed E-state index contributed by atoms with van der Waals surface area (Å²) in [7, 11) is 1.76. The van der Waals surface area contributed by atoms with Crippen molar-refractivity contribution in [3.8, 4) is 5.75 Å². The number of amides is 1. The molecule has 33 heavy (non-hydrogen) atoms. The molecule has 1 aliphatic rings. The van der Waals surface area contributed by atoms with Crippen molar-refractivity contribution in [3.05, 3.63) is 77.6 Å². The molecule has 0 radical (unpaired) electrons. The normalized spacial score (nSPS) is 12.3. The summed E-state index contributed by atoms with van der Waals surface area (Å²) in [5, 5.41) is 13.6. The molecule has 9 heteroatoms. The van der Waals surface area contributed by atoms with Crippen LogP contribution >= 0.6 is 24.0 Å². The van der Waals surface area contributed by atoms with Gasteiger partial charge in [-0.3, -0.25) is 14.5 Å². The number of nitrogens with zero attached hydrogens (tertiary/aromatic N) is 3. The highest BCUT2D eigenvalue weighted by molar-refractivity contribution is 14.0. The summed E-state index contributed by atoms with van der Waals surface area (Å²) >= 11 is 0. The fourth-order valence-corrected chi connectivity index (χ4v) is 3.63. The molecule has 0 bridgehead atoms. The first kappa shape index (κ1) is 24.6. The Morgan fingerprint density at radius 2 is 2.06 bits per heavy atom. The van der Waals surface area contributed by atoms with Gasteiger partial charge in [-0.2, -0.15) is 5.10 Å². The summed E-state index contributed by atoms with van der Waals surface area (Å²) in [4.78, 5) is 16.5. The van der Waals surface area contributed by atoms with Crippen LogP contribution in [-0.2, 0) is 30.7 Å². The molecule has 0 aliphatic carbocycles. The van der Waals surface area contributed by atoms with Crippen molar-refractivity contribution < 1.29 is 9.53 Å². The molecule has 0 saturated heterocycles. The van der Waals surface area contributed by atoms with E-state index in [2.05, 4.69) is 44.2 Å². The zero-order chi connectivity index (χ0) is 22.2. The molecule has 2 heterocycles. The lowest BCUT2D eigenvalue weighted by atomic mass is 10.1. The van der Waals surface area contributed by atoms with Crippen LogP contribution in [0.1, 0.15) is 16.7 Å². The summed E-state index contributed by atoms with van der Waals surface area (Å²) in [6.45, 7) is 2.34. The lowest BCUT2D eigenvalue weighted by Crippen LogP contribution is -2.37. The average molecular weight is 560 g/mol. The first-order valence-corrected chi connectivity index (χ1v) is 10.7. The number of fused-ring (bicyclic) bond motifs is 1. The first-order valence-electron chi connectivity index (χ1n) is 10.7. The molecular weight excluding hydrogens is 531 g/mol. The van der Waals surface area contributed by atoms with E-state index in [-0.39, 0.29) is 36.4 Å². The van der Waals surface area contributed by atoms with Gasteiger partial charge in [0.05, 0.1) is 6.61 Å². The van der Waals surface area contributed by atoms with Gasteiger partial charge in [-0.1, -0.05) is 24.3 Å². The molecule has 0 spiro atoms. The van der Waals surface area contributed by atoms with Crippen molar-refractivity contribution in [1.29, 1.82) is 0 Å². The van der Waals surface area contributed by atoms with E-state index in [0.717, 1.165) is 49.0 Å². The van der Waals surface area contributed by atoms with Gasteiger partial charge in [-0.25, -0.2) is 0 Å². The number of aliphatic imine (C=N–C) groups is 1. The Labute approximate surface area is 210 Å². The molecule has 1 aromatic heterocycles. The zero-order valence-corrected chi connectivity index (χ0v) is 20.9. The highest BCUT2D eigenvalue weighted by Gasteiger charge is 2.12. The number of nitrogens with one attached hydrogen (secondary N) is 3. The molecule has 0 atom stereocenters. The quantitative estimate of drug-likeness (QED) is 0.224. The van der Waals surface area contributed by atoms with E-state index in [1.54, 1.807) is 30.2 Å². The number of rotatable bonds is 8. The van der Waals surface area contributed by atoms with Gasteiger partial charge in [0.25, 0.3) is 0 Å². The Kier molecular flexibility index (Phi) is 9.11. The monoisotopic (exact) mass is 560 g/mol. The molecule has 1 amide bonds. The van der Waals surface area contributed by atoms with Gasteiger partial charge in [-0.05, 0) is 47.4 Å². The van der Waals surface area contributed by atoms with E-state index in [9.17, 15) is 4.79 Å². The van der Waals surface area contributed by atoms with E-state index < -0.39 is 0 Å². The van der Waals surface area contributed by atoms with Gasteiger partial charge < -0.3 is 20.7 Å². The molecule has 3 N–H and O–H groups in total. The second-order valence-corrected chi connectivity index (χ2v) is 7.60. The number of anilines is 1. The minimum atomic E-state index is -0.116. The fraction of sp³-hybridized carbons (Fsp3) is 0.292. The van der Waals surface area contributed by atoms with E-state index in [1.165, 1.54) is 11.1 Å². The van der Waals surface area contributed by atoms with Gasteiger partial charge in [0, 0.05) is 44.6 Å². The van der Waals surface area contributed by atoms with E-state index in [1.807, 2.05) is 24.3 Å². The van der Waals surface area contributed by atoms with Crippen LogP contribution in [0.15, 0.2) is 65.9 Å². The molecule has 0 saturated carbocycles. The number of halogens is 1. The number of ether oxygens (including phenoxy) is 1. The standard InChI is InChI=1S/C24H28N6O2.HI/c1-25-24(26-11-8-18-6-7-22-20(14-18)9-13-32-22)27-16-19-4-2-5-21(15-19)29-23(31)17-30-12-3-10-28-30;/h2-7,10,12,14-15H,8-9,11,13,16-17H2,1H3,(H,29,31)(H2,25,26,27);1H. The summed E-state index contributed by atoms with van der Waals surface area (Å²) < 4.78 is 7.16. The Morgan fingerprint density at radius 1 is 1.15 bits per heavy atom. The minimum absolute atomic E-state index is 0. The Morgan fingerprint density at radius 3 is 2.88 bits per heavy atom. The van der Waals surface area contributed by atoms with Crippen molar-refractivity contribution in [2.75, 3.05) is 25.5 Å². The number of aromatic nitrogens is 2. The molecular formula is C24H29IN6O2. The maximum atomic E-state index is 12.2. The smallest absolute Gasteiger partial charge is 0.246 e. The van der Waals surface area contributed by atoms with Crippen LogP contribution in [0.25, 0.3) is 0 Å². The second-order valence-electron chi connectivity index (χ2n) is 7.60. The number of carbonyl (C=O) groups is 1. The molecule has 0 fully saturated rings. The van der Waals surface area contributed by atoms with E-state index in [0.29, 0.717) is 6.54 Å². The SMILES string of the molecule is CN=C(NCCc1ccc2c(c1)CCO2)NCc1cccc(NC(=O)Cn2cccn2)c1.I. The number of hydrogen-bond donors (Lipinski definition) is 3. The number of hydrogen-bond acceptors (Lipinski definition) is 4. The van der Waals surface area contributed by atoms with Gasteiger partial charge in [0.15, 0.2) is 5.96 Å². The maximum absolute atomic E-state index is 12.2. The van der Waals surface area contributed by atoms with Crippen molar-refractivity contribution in [2.24, 2.45) is 4.99 Å². The molecule has 1 aliphatic heterocycles. The van der Waals surface area contributed by atoms with Gasteiger partial charge in [0.2, 0.25) is 5.91 Å². The minimum Gasteiger partial charge on any atom is -0.493 e. The molecule has 0 unspecified atom stereocenters. The lowest BCUT2D eigenvalue weighted by molar-refractivity contribution is -0.116. The zero-order valence-electron chi connectivity index (χ0n) is 18.6. The maximum Gasteiger partial charge on any atom is 0.246 e. The fourth-order valence-electron chi connectivity index (χ4n) is 3.63. The summed E-state index contributed by atoms with van der Waals surface area (Å²) in [6, 6.07) is 16.0. The Balaban J connectivity index is 0.00000306. The average Bonchev–Trinajstić information content (AvgIpc) is 3.48. The molecule has 2 aromatic carbocycles. The third-order valence-corrected chi connectivity index (χ3v) is 5.22. The van der Waals surface area contributed by atoms with E-state index >= 15 is 0 Å². The number of benzene rings is 2. The number of carbonyl (C=O) groups excluding carboxylic acids is 1. The van der Waals surface area contributed by atoms with Crippen molar-refractivity contribution in [2.45, 2.75) is 25.9 Å². The lowest BCUT2D eigenvalue weighted by Gasteiger charge is -2.13. The molecule has 174 valence electrons. The topological polar surface area (TPSA) is 92.6 Å². The predicted octanol–water partition coefficient (Wildman–Crippen LogP) is 2.98. The van der Waals surface area contributed by atoms with Crippen LogP contribution in [0.4, 0.5) is 5.69 Å². The molecule has 4 rings (SSSR count). The van der Waals surface area contributed by atoms with Crippen LogP contribution in [0.2, 0.25) is 0 Å². The second kappa shape index (κ2) is 12.2. The van der Waals surface area contributed by atoms with Crippen LogP contribution in [0, 0.1) is 0 Å². The Bertz CT molecular complexity index is 1080. The summed E-state index contributed by atoms with van der Waals surface area (Å²) in [6.07, 6.45) is 5.31. The third-order valence-electron chi connectivity index (χ3n) is 5.22. The highest BCUT2D eigenvalue weighted by atomic mass is 127.